The molecule has 1 aromatic heterocycles. The van der Waals surface area contributed by atoms with Gasteiger partial charge in [-0.05, 0) is 18.2 Å². The highest BCUT2D eigenvalue weighted by atomic mass is 35.5. The minimum Gasteiger partial charge on any atom is -0.397 e. The summed E-state index contributed by atoms with van der Waals surface area (Å²) in [6.45, 7) is 0.445. The van der Waals surface area contributed by atoms with E-state index < -0.39 is 0 Å². The largest absolute Gasteiger partial charge is 0.397 e. The predicted octanol–water partition coefficient (Wildman–Crippen LogP) is 1.05. The minimum absolute atomic E-state index is 0.445. The van der Waals surface area contributed by atoms with E-state index in [4.69, 9.17) is 17.3 Å². The van der Waals surface area contributed by atoms with E-state index in [1.807, 2.05) is 0 Å². The fourth-order valence-electron chi connectivity index (χ4n) is 1.11. The van der Waals surface area contributed by atoms with Crippen LogP contribution in [0.2, 0.25) is 5.02 Å². The lowest BCUT2D eigenvalue weighted by molar-refractivity contribution is 0.881. The monoisotopic (exact) mass is 224 g/mol. The van der Waals surface area contributed by atoms with Crippen LogP contribution in [0.4, 0.5) is 11.4 Å². The molecule has 7 heteroatoms. The lowest BCUT2D eigenvalue weighted by Gasteiger charge is -2.07. The van der Waals surface area contributed by atoms with Gasteiger partial charge in [-0.2, -0.15) is 5.21 Å². The van der Waals surface area contributed by atoms with Crippen molar-refractivity contribution in [1.29, 1.82) is 0 Å². The Morgan fingerprint density at radius 3 is 3.07 bits per heavy atom. The lowest BCUT2D eigenvalue weighted by Crippen LogP contribution is -2.03. The summed E-state index contributed by atoms with van der Waals surface area (Å²) in [5.74, 6) is 0.564. The number of aromatic amines is 1. The van der Waals surface area contributed by atoms with Gasteiger partial charge in [-0.1, -0.05) is 16.8 Å². The standard InChI is InChI=1S/C8H9ClN6/c9-5-1-2-6(10)7(3-5)11-4-8-12-14-15-13-8/h1-3,11H,4,10H2,(H,12,13,14,15). The predicted molar refractivity (Wildman–Crippen MR) is 57.4 cm³/mol. The van der Waals surface area contributed by atoms with Crippen molar-refractivity contribution in [3.8, 4) is 0 Å². The first kappa shape index (κ1) is 9.72. The second-order valence-corrected chi connectivity index (χ2v) is 3.35. The van der Waals surface area contributed by atoms with Gasteiger partial charge in [0.05, 0.1) is 17.9 Å². The molecule has 0 unspecified atom stereocenters. The van der Waals surface area contributed by atoms with Gasteiger partial charge >= 0.3 is 0 Å². The summed E-state index contributed by atoms with van der Waals surface area (Å²) in [4.78, 5) is 0. The van der Waals surface area contributed by atoms with Crippen molar-refractivity contribution < 1.29 is 0 Å². The molecular weight excluding hydrogens is 216 g/mol. The highest BCUT2D eigenvalue weighted by Crippen LogP contribution is 2.22. The number of hydrogen-bond donors (Lipinski definition) is 3. The highest BCUT2D eigenvalue weighted by molar-refractivity contribution is 6.31. The molecule has 4 N–H and O–H groups in total. The van der Waals surface area contributed by atoms with Crippen LogP contribution in [-0.4, -0.2) is 20.6 Å². The molecule has 15 heavy (non-hydrogen) atoms. The fraction of sp³-hybridized carbons (Fsp3) is 0.125. The Morgan fingerprint density at radius 1 is 1.47 bits per heavy atom. The van der Waals surface area contributed by atoms with E-state index in [9.17, 15) is 0 Å². The summed E-state index contributed by atoms with van der Waals surface area (Å²) in [6, 6.07) is 5.22. The Balaban J connectivity index is 2.07. The van der Waals surface area contributed by atoms with Crippen LogP contribution in [0.1, 0.15) is 5.82 Å². The number of rotatable bonds is 3. The Morgan fingerprint density at radius 2 is 2.33 bits per heavy atom. The van der Waals surface area contributed by atoms with E-state index in [1.54, 1.807) is 18.2 Å². The van der Waals surface area contributed by atoms with Crippen molar-refractivity contribution in [2.24, 2.45) is 0 Å². The molecule has 0 bridgehead atoms. The third kappa shape index (κ3) is 2.35. The number of hydrogen-bond acceptors (Lipinski definition) is 5. The Labute approximate surface area is 90.8 Å². The van der Waals surface area contributed by atoms with Crippen LogP contribution >= 0.6 is 11.6 Å². The molecule has 78 valence electrons. The number of nitrogens with two attached hydrogens (primary N) is 1. The van der Waals surface area contributed by atoms with Crippen LogP contribution < -0.4 is 11.1 Å². The molecule has 0 radical (unpaired) electrons. The Kier molecular flexibility index (Phi) is 2.68. The molecule has 0 spiro atoms. The third-order valence-electron chi connectivity index (χ3n) is 1.84. The first-order valence-electron chi connectivity index (χ1n) is 4.27. The van der Waals surface area contributed by atoms with Crippen molar-refractivity contribution >= 4 is 23.0 Å². The van der Waals surface area contributed by atoms with Gasteiger partial charge in [-0.15, -0.1) is 10.2 Å². The number of nitrogens with one attached hydrogen (secondary N) is 2. The molecule has 0 aliphatic heterocycles. The van der Waals surface area contributed by atoms with Crippen molar-refractivity contribution in [3.05, 3.63) is 29.0 Å². The Hall–Kier alpha value is -1.82. The molecular formula is C8H9ClN6. The van der Waals surface area contributed by atoms with E-state index in [1.165, 1.54) is 0 Å². The zero-order chi connectivity index (χ0) is 10.7. The second kappa shape index (κ2) is 4.14. The smallest absolute Gasteiger partial charge is 0.193 e. The number of H-pyrrole nitrogens is 1. The minimum atomic E-state index is 0.445. The van der Waals surface area contributed by atoms with Crippen LogP contribution in [0, 0.1) is 0 Å². The summed E-state index contributed by atoms with van der Waals surface area (Å²) in [5.41, 5.74) is 7.13. The molecule has 0 aliphatic carbocycles. The maximum absolute atomic E-state index is 5.83. The Bertz CT molecular complexity index is 440. The van der Waals surface area contributed by atoms with E-state index in [-0.39, 0.29) is 0 Å². The first-order chi connectivity index (χ1) is 7.25. The maximum Gasteiger partial charge on any atom is 0.193 e. The molecule has 1 aromatic carbocycles. The van der Waals surface area contributed by atoms with Crippen molar-refractivity contribution in [3.63, 3.8) is 0 Å². The number of tetrazole rings is 1. The van der Waals surface area contributed by atoms with Gasteiger partial charge in [0.1, 0.15) is 0 Å². The quantitative estimate of drug-likeness (QED) is 0.678. The zero-order valence-corrected chi connectivity index (χ0v) is 8.49. The van der Waals surface area contributed by atoms with Crippen LogP contribution in [0.5, 0.6) is 0 Å². The molecule has 0 aliphatic rings. The summed E-state index contributed by atoms with van der Waals surface area (Å²) in [5, 5.41) is 17.1. The highest BCUT2D eigenvalue weighted by Gasteiger charge is 2.02. The topological polar surface area (TPSA) is 92.5 Å². The summed E-state index contributed by atoms with van der Waals surface area (Å²) < 4.78 is 0. The number of aromatic nitrogens is 4. The molecule has 0 atom stereocenters. The van der Waals surface area contributed by atoms with Crippen LogP contribution in [0.15, 0.2) is 18.2 Å². The zero-order valence-electron chi connectivity index (χ0n) is 7.74. The van der Waals surface area contributed by atoms with Gasteiger partial charge in [0.25, 0.3) is 0 Å². The average Bonchev–Trinajstić information content (AvgIpc) is 2.72. The van der Waals surface area contributed by atoms with Crippen LogP contribution in [0.25, 0.3) is 0 Å². The summed E-state index contributed by atoms with van der Waals surface area (Å²) in [6.07, 6.45) is 0. The van der Waals surface area contributed by atoms with Gasteiger partial charge in [0.2, 0.25) is 0 Å². The van der Waals surface area contributed by atoms with Gasteiger partial charge in [0, 0.05) is 5.02 Å². The fourth-order valence-corrected chi connectivity index (χ4v) is 1.29. The van der Waals surface area contributed by atoms with Gasteiger partial charge in [-0.25, -0.2) is 0 Å². The number of nitrogens with zero attached hydrogens (tertiary/aromatic N) is 3. The molecule has 2 rings (SSSR count). The molecule has 0 saturated heterocycles. The van der Waals surface area contributed by atoms with E-state index in [0.29, 0.717) is 23.1 Å². The number of halogens is 1. The van der Waals surface area contributed by atoms with Crippen molar-refractivity contribution in [2.45, 2.75) is 6.54 Å². The molecule has 1 heterocycles. The summed E-state index contributed by atoms with van der Waals surface area (Å²) in [7, 11) is 0. The van der Waals surface area contributed by atoms with Crippen LogP contribution in [-0.2, 0) is 6.54 Å². The lowest BCUT2D eigenvalue weighted by atomic mass is 10.2. The molecule has 0 fully saturated rings. The first-order valence-corrected chi connectivity index (χ1v) is 4.65. The van der Waals surface area contributed by atoms with Gasteiger partial charge < -0.3 is 11.1 Å². The van der Waals surface area contributed by atoms with Crippen molar-refractivity contribution in [2.75, 3.05) is 11.1 Å². The average molecular weight is 225 g/mol. The van der Waals surface area contributed by atoms with E-state index in [0.717, 1.165) is 5.69 Å². The maximum atomic E-state index is 5.83. The van der Waals surface area contributed by atoms with Crippen molar-refractivity contribution in [1.82, 2.24) is 20.6 Å². The normalized spacial score (nSPS) is 10.2. The molecule has 6 nitrogen and oxygen atoms in total. The van der Waals surface area contributed by atoms with E-state index in [2.05, 4.69) is 25.9 Å². The van der Waals surface area contributed by atoms with Crippen LogP contribution in [0.3, 0.4) is 0 Å². The summed E-state index contributed by atoms with van der Waals surface area (Å²) >= 11 is 5.83. The second-order valence-electron chi connectivity index (χ2n) is 2.91. The molecule has 2 aromatic rings. The SMILES string of the molecule is Nc1ccc(Cl)cc1NCc1nn[nH]n1. The third-order valence-corrected chi connectivity index (χ3v) is 2.08. The molecule has 0 saturated carbocycles. The van der Waals surface area contributed by atoms with Gasteiger partial charge in [-0.3, -0.25) is 0 Å². The number of benzene rings is 1. The number of anilines is 2. The van der Waals surface area contributed by atoms with E-state index >= 15 is 0 Å². The number of nitrogen functional groups attached to an aromatic ring is 1. The van der Waals surface area contributed by atoms with Gasteiger partial charge in [0.15, 0.2) is 5.82 Å². The molecule has 0 amide bonds.